The van der Waals surface area contributed by atoms with Crippen LogP contribution in [-0.2, 0) is 6.61 Å². The predicted molar refractivity (Wildman–Crippen MR) is 132 cm³/mol. The fraction of sp³-hybridized carbons (Fsp3) is 0.0385. The average molecular weight is 456 g/mol. The first-order valence-corrected chi connectivity index (χ1v) is 10.7. The minimum absolute atomic E-state index is 0.259. The summed E-state index contributed by atoms with van der Waals surface area (Å²) in [5.74, 6) is 0.558. The van der Waals surface area contributed by atoms with Crippen LogP contribution in [0.4, 0.5) is 0 Å². The van der Waals surface area contributed by atoms with Gasteiger partial charge in [-0.1, -0.05) is 72.3 Å². The fourth-order valence-corrected chi connectivity index (χ4v) is 3.87. The Hall–Kier alpha value is -4.16. The number of para-hydroxylation sites is 1. The Kier molecular flexibility index (Phi) is 5.50. The highest BCUT2D eigenvalue weighted by atomic mass is 35.5. The summed E-state index contributed by atoms with van der Waals surface area (Å²) in [6, 6.07) is 25.8. The molecular formula is C26H18ClN3O3. The van der Waals surface area contributed by atoms with Crippen LogP contribution in [0.3, 0.4) is 0 Å². The van der Waals surface area contributed by atoms with Crippen LogP contribution in [0.25, 0.3) is 21.7 Å². The van der Waals surface area contributed by atoms with Gasteiger partial charge < -0.3 is 9.72 Å². The fourth-order valence-electron chi connectivity index (χ4n) is 3.68. The van der Waals surface area contributed by atoms with E-state index in [0.717, 1.165) is 21.0 Å². The summed E-state index contributed by atoms with van der Waals surface area (Å²) in [6.45, 7) is 0.259. The molecule has 0 bridgehead atoms. The Labute approximate surface area is 193 Å². The van der Waals surface area contributed by atoms with Crippen molar-refractivity contribution < 1.29 is 4.74 Å². The largest absolute Gasteiger partial charge is 0.488 e. The summed E-state index contributed by atoms with van der Waals surface area (Å²) in [6.07, 6.45) is 1.48. The zero-order valence-corrected chi connectivity index (χ0v) is 18.1. The van der Waals surface area contributed by atoms with E-state index in [2.05, 4.69) is 10.1 Å². The first-order chi connectivity index (χ1) is 16.1. The lowest BCUT2D eigenvalue weighted by molar-refractivity contribution is 0.306. The van der Waals surface area contributed by atoms with E-state index in [4.69, 9.17) is 16.3 Å². The number of nitrogens with one attached hydrogen (secondary N) is 1. The van der Waals surface area contributed by atoms with Crippen molar-refractivity contribution in [1.82, 2.24) is 9.66 Å². The van der Waals surface area contributed by atoms with E-state index in [1.165, 1.54) is 6.21 Å². The molecule has 0 aliphatic carbocycles. The Bertz CT molecular complexity index is 1640. The molecule has 0 aliphatic heterocycles. The highest BCUT2D eigenvalue weighted by Gasteiger charge is 2.10. The number of fused-ring (bicyclic) bond motifs is 2. The SMILES string of the molecule is O=c1[nH]c2ccccc2c(=O)n1N=Cc1c(OCc2ccccc2Cl)ccc2ccccc12. The number of hydrogen-bond donors (Lipinski definition) is 1. The molecule has 0 amide bonds. The maximum atomic E-state index is 12.9. The zero-order chi connectivity index (χ0) is 22.8. The standard InChI is InChI=1S/C26H18ClN3O3/c27-22-11-5-2-8-18(22)16-33-24-14-13-17-7-1-3-9-19(17)21(24)15-28-30-25(31)20-10-4-6-12-23(20)29-26(30)32/h1-15H,16H2,(H,29,32). The Morgan fingerprint density at radius 2 is 1.61 bits per heavy atom. The molecule has 5 aromatic rings. The zero-order valence-electron chi connectivity index (χ0n) is 17.4. The molecule has 0 saturated heterocycles. The topological polar surface area (TPSA) is 76.5 Å². The summed E-state index contributed by atoms with van der Waals surface area (Å²) in [5.41, 5.74) is 0.850. The van der Waals surface area contributed by atoms with E-state index < -0.39 is 11.2 Å². The Balaban J connectivity index is 1.60. The van der Waals surface area contributed by atoms with E-state index in [1.54, 1.807) is 30.3 Å². The smallest absolute Gasteiger partial charge is 0.349 e. The van der Waals surface area contributed by atoms with Crippen molar-refractivity contribution in [2.45, 2.75) is 6.61 Å². The van der Waals surface area contributed by atoms with Gasteiger partial charge in [0.05, 0.1) is 17.1 Å². The molecule has 4 aromatic carbocycles. The molecular weight excluding hydrogens is 438 g/mol. The second-order valence-corrected chi connectivity index (χ2v) is 7.82. The number of hydrogen-bond acceptors (Lipinski definition) is 4. The van der Waals surface area contributed by atoms with Gasteiger partial charge in [-0.3, -0.25) is 4.79 Å². The van der Waals surface area contributed by atoms with Crippen LogP contribution in [0.2, 0.25) is 5.02 Å². The van der Waals surface area contributed by atoms with Crippen molar-refractivity contribution in [3.05, 3.63) is 122 Å². The van der Waals surface area contributed by atoms with Gasteiger partial charge in [0.2, 0.25) is 0 Å². The molecule has 1 N–H and O–H groups in total. The van der Waals surface area contributed by atoms with Gasteiger partial charge >= 0.3 is 5.69 Å². The number of aromatic amines is 1. The summed E-state index contributed by atoms with van der Waals surface area (Å²) < 4.78 is 6.90. The minimum Gasteiger partial charge on any atom is -0.488 e. The average Bonchev–Trinajstić information content (AvgIpc) is 2.84. The number of ether oxygens (including phenoxy) is 1. The predicted octanol–water partition coefficient (Wildman–Crippen LogP) is 4.96. The number of H-pyrrole nitrogens is 1. The molecule has 1 heterocycles. The summed E-state index contributed by atoms with van der Waals surface area (Å²) in [5, 5.41) is 7.08. The van der Waals surface area contributed by atoms with Gasteiger partial charge in [0.25, 0.3) is 5.56 Å². The van der Waals surface area contributed by atoms with Crippen LogP contribution in [0, 0.1) is 0 Å². The molecule has 5 rings (SSSR count). The second kappa shape index (κ2) is 8.76. The number of rotatable bonds is 5. The number of aromatic nitrogens is 2. The van der Waals surface area contributed by atoms with Crippen molar-refractivity contribution in [2.24, 2.45) is 5.10 Å². The van der Waals surface area contributed by atoms with Crippen molar-refractivity contribution in [1.29, 1.82) is 0 Å². The summed E-state index contributed by atoms with van der Waals surface area (Å²) >= 11 is 6.27. The van der Waals surface area contributed by atoms with Gasteiger partial charge in [0.15, 0.2) is 0 Å². The number of nitrogens with zero attached hydrogens (tertiary/aromatic N) is 2. The van der Waals surface area contributed by atoms with E-state index in [0.29, 0.717) is 27.2 Å². The van der Waals surface area contributed by atoms with Crippen molar-refractivity contribution in [2.75, 3.05) is 0 Å². The van der Waals surface area contributed by atoms with Crippen molar-refractivity contribution in [3.63, 3.8) is 0 Å². The van der Waals surface area contributed by atoms with Crippen molar-refractivity contribution >= 4 is 39.5 Å². The lowest BCUT2D eigenvalue weighted by Crippen LogP contribution is -2.32. The van der Waals surface area contributed by atoms with Crippen LogP contribution < -0.4 is 16.0 Å². The van der Waals surface area contributed by atoms with Crippen LogP contribution in [0.15, 0.2) is 99.6 Å². The second-order valence-electron chi connectivity index (χ2n) is 7.42. The van der Waals surface area contributed by atoms with Gasteiger partial charge in [0, 0.05) is 16.1 Å². The van der Waals surface area contributed by atoms with Crippen LogP contribution in [-0.4, -0.2) is 15.9 Å². The number of benzene rings is 4. The quantitative estimate of drug-likeness (QED) is 0.381. The third kappa shape index (κ3) is 4.04. The monoisotopic (exact) mass is 455 g/mol. The van der Waals surface area contributed by atoms with Gasteiger partial charge in [-0.15, -0.1) is 4.68 Å². The third-order valence-electron chi connectivity index (χ3n) is 5.36. The lowest BCUT2D eigenvalue weighted by atomic mass is 10.0. The van der Waals surface area contributed by atoms with Gasteiger partial charge in [0.1, 0.15) is 12.4 Å². The van der Waals surface area contributed by atoms with E-state index >= 15 is 0 Å². The molecule has 162 valence electrons. The van der Waals surface area contributed by atoms with E-state index in [1.807, 2.05) is 54.6 Å². The molecule has 0 saturated carbocycles. The highest BCUT2D eigenvalue weighted by Crippen LogP contribution is 2.28. The number of halogens is 1. The summed E-state index contributed by atoms with van der Waals surface area (Å²) in [7, 11) is 0. The van der Waals surface area contributed by atoms with Crippen LogP contribution in [0.1, 0.15) is 11.1 Å². The lowest BCUT2D eigenvalue weighted by Gasteiger charge is -2.12. The highest BCUT2D eigenvalue weighted by molar-refractivity contribution is 6.31. The van der Waals surface area contributed by atoms with E-state index in [-0.39, 0.29) is 6.61 Å². The Morgan fingerprint density at radius 1 is 0.879 bits per heavy atom. The molecule has 0 aliphatic rings. The maximum absolute atomic E-state index is 12.9. The van der Waals surface area contributed by atoms with E-state index in [9.17, 15) is 9.59 Å². The first-order valence-electron chi connectivity index (χ1n) is 10.3. The van der Waals surface area contributed by atoms with Gasteiger partial charge in [-0.25, -0.2) is 4.79 Å². The molecule has 0 radical (unpaired) electrons. The molecule has 7 heteroatoms. The molecule has 1 aromatic heterocycles. The third-order valence-corrected chi connectivity index (χ3v) is 5.73. The molecule has 33 heavy (non-hydrogen) atoms. The van der Waals surface area contributed by atoms with Crippen LogP contribution in [0.5, 0.6) is 5.75 Å². The Morgan fingerprint density at radius 3 is 2.45 bits per heavy atom. The molecule has 0 atom stereocenters. The van der Waals surface area contributed by atoms with Gasteiger partial charge in [-0.2, -0.15) is 5.10 Å². The van der Waals surface area contributed by atoms with Crippen molar-refractivity contribution in [3.8, 4) is 5.75 Å². The molecule has 0 unspecified atom stereocenters. The normalized spacial score (nSPS) is 11.4. The molecule has 0 fully saturated rings. The minimum atomic E-state index is -0.617. The first kappa shape index (κ1) is 20.7. The molecule has 6 nitrogen and oxygen atoms in total. The van der Waals surface area contributed by atoms with Crippen LogP contribution >= 0.6 is 11.6 Å². The summed E-state index contributed by atoms with van der Waals surface area (Å²) in [4.78, 5) is 28.1. The molecule has 0 spiro atoms. The van der Waals surface area contributed by atoms with Gasteiger partial charge in [-0.05, 0) is 35.0 Å². The maximum Gasteiger partial charge on any atom is 0.349 e.